The van der Waals surface area contributed by atoms with Crippen molar-refractivity contribution >= 4 is 57.7 Å². The number of nitrogens with zero attached hydrogens (tertiary/aromatic N) is 3. The summed E-state index contributed by atoms with van der Waals surface area (Å²) in [5.41, 5.74) is 2.06. The topological polar surface area (TPSA) is 160 Å². The molecule has 1 saturated heterocycles. The Morgan fingerprint density at radius 3 is 2.14 bits per heavy atom. The zero-order valence-corrected chi connectivity index (χ0v) is 29.0. The fourth-order valence-corrected chi connectivity index (χ4v) is 8.01. The second-order valence-corrected chi connectivity index (χ2v) is 13.4. The first-order chi connectivity index (χ1) is 24.7. The second-order valence-electron chi connectivity index (χ2n) is 11.4. The van der Waals surface area contributed by atoms with E-state index >= 15 is 0 Å². The zero-order chi connectivity index (χ0) is 36.0. The highest BCUT2D eigenvalue weighted by Gasteiger charge is 2.54. The number of rotatable bonds is 14. The summed E-state index contributed by atoms with van der Waals surface area (Å²) in [5, 5.41) is 21.8. The van der Waals surface area contributed by atoms with Gasteiger partial charge in [0.25, 0.3) is 11.8 Å². The predicted molar refractivity (Wildman–Crippen MR) is 194 cm³/mol. The summed E-state index contributed by atoms with van der Waals surface area (Å²) in [6, 6.07) is 28.9. The lowest BCUT2D eigenvalue weighted by molar-refractivity contribution is -0.150. The number of β-lactam (4-membered cyclic amide) rings is 1. The number of carbonyl (C=O) groups is 4. The number of anilines is 1. The van der Waals surface area contributed by atoms with E-state index in [-0.39, 0.29) is 41.6 Å². The summed E-state index contributed by atoms with van der Waals surface area (Å²) >= 11 is 2.52. The van der Waals surface area contributed by atoms with Gasteiger partial charge in [-0.25, -0.2) is 9.78 Å². The quantitative estimate of drug-likeness (QED) is 0.0315. The molecule has 2 amide bonds. The summed E-state index contributed by atoms with van der Waals surface area (Å²) in [4.78, 5) is 61.8. The van der Waals surface area contributed by atoms with E-state index in [1.54, 1.807) is 5.38 Å². The minimum atomic E-state index is -1.33. The van der Waals surface area contributed by atoms with E-state index in [0.717, 1.165) is 21.6 Å². The number of carboxylic acid groups (broad SMARTS) is 1. The molecule has 3 aromatic carbocycles. The SMILES string of the molecule is C=CCON=C(C(=O)NC1C(=O)N2C(C(=O)O)=C(COC(C)=O)CS[C@H]12)c1csc(NC(c2ccccc2)(c2ccccc2)c2ccccc2)n1. The molecule has 0 aliphatic carbocycles. The Hall–Kier alpha value is -5.73. The average molecular weight is 724 g/mol. The number of benzene rings is 3. The van der Waals surface area contributed by atoms with Crippen LogP contribution in [0.3, 0.4) is 0 Å². The smallest absolute Gasteiger partial charge is 0.352 e. The van der Waals surface area contributed by atoms with Gasteiger partial charge in [-0.15, -0.1) is 23.1 Å². The molecular weight excluding hydrogens is 691 g/mol. The number of amides is 2. The second kappa shape index (κ2) is 15.4. The van der Waals surface area contributed by atoms with Gasteiger partial charge < -0.3 is 25.3 Å². The van der Waals surface area contributed by atoms with E-state index in [1.165, 1.54) is 36.1 Å². The molecule has 1 fully saturated rings. The van der Waals surface area contributed by atoms with Crippen LogP contribution in [0.15, 0.2) is 125 Å². The van der Waals surface area contributed by atoms with Crippen LogP contribution >= 0.6 is 23.1 Å². The number of nitrogens with one attached hydrogen (secondary N) is 2. The first-order valence-electron chi connectivity index (χ1n) is 15.8. The van der Waals surface area contributed by atoms with E-state index in [1.807, 2.05) is 91.0 Å². The van der Waals surface area contributed by atoms with Crippen LogP contribution in [0.25, 0.3) is 0 Å². The normalized spacial score (nSPS) is 17.2. The van der Waals surface area contributed by atoms with Gasteiger partial charge in [-0.1, -0.05) is 109 Å². The number of ether oxygens (including phenoxy) is 1. The van der Waals surface area contributed by atoms with Crippen LogP contribution in [0.4, 0.5) is 5.13 Å². The average Bonchev–Trinajstić information content (AvgIpc) is 3.62. The van der Waals surface area contributed by atoms with E-state index in [4.69, 9.17) is 14.6 Å². The number of fused-ring (bicyclic) bond motifs is 1. The van der Waals surface area contributed by atoms with Crippen molar-refractivity contribution < 1.29 is 33.9 Å². The van der Waals surface area contributed by atoms with Crippen LogP contribution in [0, 0.1) is 0 Å². The lowest BCUT2D eigenvalue weighted by atomic mass is 9.77. The largest absolute Gasteiger partial charge is 0.477 e. The van der Waals surface area contributed by atoms with Crippen molar-refractivity contribution in [1.29, 1.82) is 0 Å². The third-order valence-corrected chi connectivity index (χ3v) is 10.3. The van der Waals surface area contributed by atoms with Crippen LogP contribution in [-0.4, -0.2) is 74.8 Å². The maximum Gasteiger partial charge on any atom is 0.352 e. The molecule has 1 aromatic heterocycles. The number of hydrogen-bond donors (Lipinski definition) is 3. The maximum absolute atomic E-state index is 13.8. The van der Waals surface area contributed by atoms with Crippen molar-refractivity contribution in [3.8, 4) is 0 Å². The van der Waals surface area contributed by atoms with Gasteiger partial charge in [-0.05, 0) is 16.7 Å². The summed E-state index contributed by atoms with van der Waals surface area (Å²) in [6.45, 7) is 4.60. The molecule has 14 heteroatoms. The van der Waals surface area contributed by atoms with E-state index in [0.29, 0.717) is 5.13 Å². The highest BCUT2D eigenvalue weighted by molar-refractivity contribution is 8.00. The standard InChI is InChI=1S/C37H33N5O7S2/c1-3-19-49-41-29(32(44)39-30-33(45)42-31(35(46)47)24(20-48-23(2)43)21-50-34(30)42)28-22-51-36(38-28)40-37(25-13-7-4-8-14-25,26-15-9-5-10-16-26)27-17-11-6-12-18-27/h3-18,22,30,34H,1,19-21H2,2H3,(H,38,40)(H,39,44)(H,46,47)/t30?,34-/m1/s1. The minimum Gasteiger partial charge on any atom is -0.477 e. The number of carboxylic acids is 1. The third-order valence-electron chi connectivity index (χ3n) is 8.21. The molecule has 4 aromatic rings. The van der Waals surface area contributed by atoms with Gasteiger partial charge in [0.05, 0.1) is 0 Å². The highest BCUT2D eigenvalue weighted by atomic mass is 32.2. The van der Waals surface area contributed by atoms with E-state index in [9.17, 15) is 24.3 Å². The fraction of sp³-hybridized carbons (Fsp3) is 0.189. The zero-order valence-electron chi connectivity index (χ0n) is 27.4. The molecule has 0 bridgehead atoms. The van der Waals surface area contributed by atoms with E-state index < -0.39 is 40.7 Å². The monoisotopic (exact) mass is 723 g/mol. The molecule has 0 saturated carbocycles. The lowest BCUT2D eigenvalue weighted by Gasteiger charge is -2.49. The van der Waals surface area contributed by atoms with Crippen molar-refractivity contribution in [3.05, 3.63) is 143 Å². The Balaban J connectivity index is 1.30. The van der Waals surface area contributed by atoms with Gasteiger partial charge >= 0.3 is 11.9 Å². The van der Waals surface area contributed by atoms with Crippen LogP contribution in [-0.2, 0) is 34.3 Å². The highest BCUT2D eigenvalue weighted by Crippen LogP contribution is 2.42. The van der Waals surface area contributed by atoms with Crippen molar-refractivity contribution in [2.24, 2.45) is 5.16 Å². The number of thioether (sulfide) groups is 1. The Morgan fingerprint density at radius 2 is 1.61 bits per heavy atom. The molecule has 2 aliphatic heterocycles. The van der Waals surface area contributed by atoms with E-state index in [2.05, 4.69) is 22.4 Å². The van der Waals surface area contributed by atoms with Crippen molar-refractivity contribution in [3.63, 3.8) is 0 Å². The van der Waals surface area contributed by atoms with Gasteiger partial charge in [-0.2, -0.15) is 0 Å². The van der Waals surface area contributed by atoms with Gasteiger partial charge in [-0.3, -0.25) is 19.3 Å². The number of aromatic nitrogens is 1. The molecule has 51 heavy (non-hydrogen) atoms. The first-order valence-corrected chi connectivity index (χ1v) is 17.7. The summed E-state index contributed by atoms with van der Waals surface area (Å²) in [7, 11) is 0. The number of hydrogen-bond acceptors (Lipinski definition) is 11. The summed E-state index contributed by atoms with van der Waals surface area (Å²) in [6.07, 6.45) is 1.47. The number of thiazole rings is 1. The molecule has 2 atom stereocenters. The summed E-state index contributed by atoms with van der Waals surface area (Å²) in [5.74, 6) is -3.08. The molecule has 1 unspecified atom stereocenters. The molecule has 3 N–H and O–H groups in total. The van der Waals surface area contributed by atoms with Crippen LogP contribution in [0.1, 0.15) is 29.3 Å². The number of aliphatic carboxylic acids is 1. The Labute approximate surface area is 301 Å². The molecule has 3 heterocycles. The molecule has 2 aliphatic rings. The Bertz CT molecular complexity index is 1900. The molecular formula is C37H33N5O7S2. The van der Waals surface area contributed by atoms with Gasteiger partial charge in [0.15, 0.2) is 10.8 Å². The molecule has 12 nitrogen and oxygen atoms in total. The molecule has 6 rings (SSSR count). The predicted octanol–water partition coefficient (Wildman–Crippen LogP) is 4.76. The number of oxime groups is 1. The van der Waals surface area contributed by atoms with Crippen LogP contribution < -0.4 is 10.6 Å². The minimum absolute atomic E-state index is 0.0116. The molecule has 260 valence electrons. The Morgan fingerprint density at radius 1 is 1.02 bits per heavy atom. The van der Waals surface area contributed by atoms with Gasteiger partial charge in [0.2, 0.25) is 0 Å². The number of carbonyl (C=O) groups excluding carboxylic acids is 3. The fourth-order valence-electron chi connectivity index (χ4n) is 5.93. The third kappa shape index (κ3) is 7.14. The molecule has 0 radical (unpaired) electrons. The Kier molecular flexibility index (Phi) is 10.6. The lowest BCUT2D eigenvalue weighted by Crippen LogP contribution is -2.71. The first kappa shape index (κ1) is 35.1. The van der Waals surface area contributed by atoms with Crippen LogP contribution in [0.5, 0.6) is 0 Å². The van der Waals surface area contributed by atoms with Crippen molar-refractivity contribution in [1.82, 2.24) is 15.2 Å². The molecule has 0 spiro atoms. The van der Waals surface area contributed by atoms with Gasteiger partial charge in [0.1, 0.15) is 41.6 Å². The van der Waals surface area contributed by atoms with Crippen molar-refractivity contribution in [2.75, 3.05) is 24.3 Å². The van der Waals surface area contributed by atoms with Gasteiger partial charge in [0, 0.05) is 23.6 Å². The maximum atomic E-state index is 13.8. The van der Waals surface area contributed by atoms with Crippen molar-refractivity contribution in [2.45, 2.75) is 23.9 Å². The number of esters is 1. The summed E-state index contributed by atoms with van der Waals surface area (Å²) < 4.78 is 5.00. The van der Waals surface area contributed by atoms with Crippen LogP contribution in [0.2, 0.25) is 0 Å².